The van der Waals surface area contributed by atoms with Crippen LogP contribution in [0.5, 0.6) is 0 Å². The highest BCUT2D eigenvalue weighted by atomic mass is 19.4. The molecule has 0 spiro atoms. The number of nitrogens with two attached hydrogens (primary N) is 1. The molecular weight excluding hydrogens is 255 g/mol. The van der Waals surface area contributed by atoms with Crippen LogP contribution in [0.1, 0.15) is 28.7 Å². The van der Waals surface area contributed by atoms with Gasteiger partial charge in [-0.2, -0.15) is 13.2 Å². The van der Waals surface area contributed by atoms with Gasteiger partial charge in [0.05, 0.1) is 17.3 Å². The van der Waals surface area contributed by atoms with Crippen molar-refractivity contribution in [1.82, 2.24) is 9.97 Å². The summed E-state index contributed by atoms with van der Waals surface area (Å²) in [7, 11) is 0. The molecule has 2 rings (SSSR count). The van der Waals surface area contributed by atoms with E-state index in [1.54, 1.807) is 19.1 Å². The maximum atomic E-state index is 12.6. The van der Waals surface area contributed by atoms with Crippen molar-refractivity contribution in [3.8, 4) is 0 Å². The van der Waals surface area contributed by atoms with Crippen molar-refractivity contribution in [3.05, 3.63) is 59.2 Å². The Bertz CT molecular complexity index is 581. The van der Waals surface area contributed by atoms with Gasteiger partial charge in [0.2, 0.25) is 0 Å². The highest BCUT2D eigenvalue weighted by Gasteiger charge is 2.30. The molecule has 0 aliphatic carbocycles. The Kier molecular flexibility index (Phi) is 3.53. The van der Waals surface area contributed by atoms with Crippen LogP contribution in [0, 0.1) is 6.92 Å². The van der Waals surface area contributed by atoms with Gasteiger partial charge in [0.1, 0.15) is 5.82 Å². The highest BCUT2D eigenvalue weighted by Crippen LogP contribution is 2.31. The molecule has 1 heterocycles. The van der Waals surface area contributed by atoms with Gasteiger partial charge >= 0.3 is 6.18 Å². The third kappa shape index (κ3) is 3.08. The molecule has 19 heavy (non-hydrogen) atoms. The molecule has 0 bridgehead atoms. The summed E-state index contributed by atoms with van der Waals surface area (Å²) in [6.45, 7) is 1.70. The highest BCUT2D eigenvalue weighted by molar-refractivity contribution is 5.32. The van der Waals surface area contributed by atoms with Gasteiger partial charge in [-0.3, -0.25) is 0 Å². The molecule has 1 aromatic heterocycles. The van der Waals surface area contributed by atoms with Gasteiger partial charge in [-0.15, -0.1) is 0 Å². The Hall–Kier alpha value is -1.95. The summed E-state index contributed by atoms with van der Waals surface area (Å²) in [5.74, 6) is 0.528. The number of aryl methyl sites for hydroxylation is 1. The van der Waals surface area contributed by atoms with E-state index >= 15 is 0 Å². The number of hydrogen-bond donors (Lipinski definition) is 1. The van der Waals surface area contributed by atoms with Crippen LogP contribution >= 0.6 is 0 Å². The van der Waals surface area contributed by atoms with Gasteiger partial charge < -0.3 is 5.73 Å². The summed E-state index contributed by atoms with van der Waals surface area (Å²) in [5.41, 5.74) is 6.08. The smallest absolute Gasteiger partial charge is 0.319 e. The lowest BCUT2D eigenvalue weighted by atomic mass is 10.0. The van der Waals surface area contributed by atoms with Crippen molar-refractivity contribution < 1.29 is 13.2 Å². The zero-order valence-corrected chi connectivity index (χ0v) is 10.1. The second-order valence-electron chi connectivity index (χ2n) is 4.13. The van der Waals surface area contributed by atoms with E-state index in [1.165, 1.54) is 12.3 Å². The van der Waals surface area contributed by atoms with Crippen LogP contribution < -0.4 is 5.73 Å². The largest absolute Gasteiger partial charge is 0.416 e. The first-order valence-electron chi connectivity index (χ1n) is 5.60. The summed E-state index contributed by atoms with van der Waals surface area (Å²) in [6, 6.07) is 5.84. The van der Waals surface area contributed by atoms with Crippen molar-refractivity contribution in [3.63, 3.8) is 0 Å². The van der Waals surface area contributed by atoms with Gasteiger partial charge in [0.25, 0.3) is 0 Å². The van der Waals surface area contributed by atoms with E-state index in [1.807, 2.05) is 0 Å². The van der Waals surface area contributed by atoms with Crippen LogP contribution in [0.4, 0.5) is 13.2 Å². The van der Waals surface area contributed by atoms with Crippen molar-refractivity contribution in [2.75, 3.05) is 0 Å². The molecule has 0 radical (unpaired) electrons. The van der Waals surface area contributed by atoms with Crippen molar-refractivity contribution in [1.29, 1.82) is 0 Å². The first-order chi connectivity index (χ1) is 8.88. The summed E-state index contributed by atoms with van der Waals surface area (Å²) < 4.78 is 37.9. The molecule has 1 atom stereocenters. The van der Waals surface area contributed by atoms with Crippen LogP contribution in [-0.2, 0) is 6.18 Å². The number of aromatic nitrogens is 2. The molecule has 2 aromatic rings. The second-order valence-corrected chi connectivity index (χ2v) is 4.13. The van der Waals surface area contributed by atoms with Crippen LogP contribution in [0.15, 0.2) is 36.5 Å². The van der Waals surface area contributed by atoms with E-state index in [2.05, 4.69) is 9.97 Å². The number of rotatable bonds is 2. The lowest BCUT2D eigenvalue weighted by molar-refractivity contribution is -0.137. The zero-order chi connectivity index (χ0) is 14.0. The van der Waals surface area contributed by atoms with E-state index in [-0.39, 0.29) is 0 Å². The molecule has 3 nitrogen and oxygen atoms in total. The van der Waals surface area contributed by atoms with Crippen molar-refractivity contribution in [2.45, 2.75) is 19.1 Å². The van der Waals surface area contributed by atoms with Gasteiger partial charge in [-0.05, 0) is 30.7 Å². The summed E-state index contributed by atoms with van der Waals surface area (Å²) in [6.07, 6.45) is -2.84. The molecule has 0 aliphatic heterocycles. The minimum absolute atomic E-state index is 0.368. The molecule has 6 heteroatoms. The number of halogens is 3. The van der Waals surface area contributed by atoms with E-state index in [0.29, 0.717) is 17.1 Å². The molecule has 0 saturated carbocycles. The first kappa shape index (κ1) is 13.5. The minimum atomic E-state index is -4.38. The second kappa shape index (κ2) is 4.97. The molecule has 0 saturated heterocycles. The van der Waals surface area contributed by atoms with E-state index in [0.717, 1.165) is 12.1 Å². The molecule has 100 valence electrons. The monoisotopic (exact) mass is 267 g/mol. The molecule has 0 aliphatic rings. The van der Waals surface area contributed by atoms with Gasteiger partial charge in [0.15, 0.2) is 0 Å². The molecule has 0 amide bonds. The fraction of sp³-hybridized carbons (Fsp3) is 0.231. The average molecular weight is 267 g/mol. The lowest BCUT2D eigenvalue weighted by Crippen LogP contribution is -2.15. The SMILES string of the molecule is Cc1nccc(C(N)c2cccc(C(F)(F)F)c2)n1. The van der Waals surface area contributed by atoms with Gasteiger partial charge in [-0.25, -0.2) is 9.97 Å². The maximum Gasteiger partial charge on any atom is 0.416 e. The van der Waals surface area contributed by atoms with Gasteiger partial charge in [-0.1, -0.05) is 12.1 Å². The van der Waals surface area contributed by atoms with Crippen molar-refractivity contribution in [2.24, 2.45) is 5.73 Å². The quantitative estimate of drug-likeness (QED) is 0.910. The number of alkyl halides is 3. The van der Waals surface area contributed by atoms with E-state index in [4.69, 9.17) is 5.73 Å². The summed E-state index contributed by atoms with van der Waals surface area (Å²) in [5, 5.41) is 0. The minimum Gasteiger partial charge on any atom is -0.319 e. The Morgan fingerprint density at radius 3 is 2.58 bits per heavy atom. The molecule has 0 fully saturated rings. The first-order valence-corrected chi connectivity index (χ1v) is 5.60. The Labute approximate surface area is 108 Å². The fourth-order valence-electron chi connectivity index (χ4n) is 1.73. The normalized spacial score (nSPS) is 13.3. The third-order valence-electron chi connectivity index (χ3n) is 2.69. The van der Waals surface area contributed by atoms with Crippen LogP contribution in [0.2, 0.25) is 0 Å². The molecule has 1 aromatic carbocycles. The predicted molar refractivity (Wildman–Crippen MR) is 64.2 cm³/mol. The van der Waals surface area contributed by atoms with Gasteiger partial charge in [0, 0.05) is 6.20 Å². The number of nitrogens with zero attached hydrogens (tertiary/aromatic N) is 2. The van der Waals surface area contributed by atoms with Crippen LogP contribution in [0.3, 0.4) is 0 Å². The lowest BCUT2D eigenvalue weighted by Gasteiger charge is -2.14. The summed E-state index contributed by atoms with van der Waals surface area (Å²) in [4.78, 5) is 8.05. The Morgan fingerprint density at radius 1 is 1.21 bits per heavy atom. The van der Waals surface area contributed by atoms with Crippen LogP contribution in [0.25, 0.3) is 0 Å². The fourth-order valence-corrected chi connectivity index (χ4v) is 1.73. The van der Waals surface area contributed by atoms with E-state index in [9.17, 15) is 13.2 Å². The predicted octanol–water partition coefficient (Wildman–Crippen LogP) is 2.85. The topological polar surface area (TPSA) is 51.8 Å². The molecule has 2 N–H and O–H groups in total. The maximum absolute atomic E-state index is 12.6. The number of benzene rings is 1. The van der Waals surface area contributed by atoms with Crippen molar-refractivity contribution >= 4 is 0 Å². The molecule has 1 unspecified atom stereocenters. The zero-order valence-electron chi connectivity index (χ0n) is 10.1. The Balaban J connectivity index is 2.37. The Morgan fingerprint density at radius 2 is 1.95 bits per heavy atom. The molecular formula is C13H12F3N3. The third-order valence-corrected chi connectivity index (χ3v) is 2.69. The number of hydrogen-bond acceptors (Lipinski definition) is 3. The summed E-state index contributed by atoms with van der Waals surface area (Å²) >= 11 is 0. The van der Waals surface area contributed by atoms with E-state index < -0.39 is 17.8 Å². The van der Waals surface area contributed by atoms with Crippen LogP contribution in [-0.4, -0.2) is 9.97 Å². The standard InChI is InChI=1S/C13H12F3N3/c1-8-18-6-5-11(19-8)12(17)9-3-2-4-10(7-9)13(14,15)16/h2-7,12H,17H2,1H3. The average Bonchev–Trinajstić information content (AvgIpc) is 2.37.